The Morgan fingerprint density at radius 2 is 2.10 bits per heavy atom. The first kappa shape index (κ1) is 15.1. The minimum absolute atomic E-state index is 0.0962. The van der Waals surface area contributed by atoms with Crippen molar-refractivity contribution in [1.82, 2.24) is 10.3 Å². The van der Waals surface area contributed by atoms with Crippen molar-refractivity contribution in [3.63, 3.8) is 0 Å². The van der Waals surface area contributed by atoms with Crippen LogP contribution >= 0.6 is 11.3 Å². The number of nitrogen functional groups attached to an aromatic ring is 1. The predicted molar refractivity (Wildman–Crippen MR) is 84.3 cm³/mol. The molecule has 2 rings (SSSR count). The molecule has 1 amide bonds. The van der Waals surface area contributed by atoms with Gasteiger partial charge in [0.1, 0.15) is 10.7 Å². The second kappa shape index (κ2) is 5.60. The van der Waals surface area contributed by atoms with Gasteiger partial charge >= 0.3 is 0 Å². The maximum Gasteiger partial charge on any atom is 0.265 e. The number of hydrogen-bond donors (Lipinski definition) is 2. The van der Waals surface area contributed by atoms with E-state index in [2.05, 4.69) is 42.9 Å². The summed E-state index contributed by atoms with van der Waals surface area (Å²) in [5.74, 6) is 0.827. The average molecular weight is 296 g/mol. The lowest BCUT2D eigenvalue weighted by molar-refractivity contribution is 0.0955. The van der Waals surface area contributed by atoms with Gasteiger partial charge in [0.05, 0.1) is 0 Å². The summed E-state index contributed by atoms with van der Waals surface area (Å²) in [5.41, 5.74) is 6.25. The molecule has 1 heterocycles. The first-order valence-electron chi connectivity index (χ1n) is 7.18. The Balaban J connectivity index is 1.99. The molecule has 3 N–H and O–H groups in total. The molecule has 1 unspecified atom stereocenters. The molecular formula is C14H24N4OS. The quantitative estimate of drug-likeness (QED) is 0.845. The van der Waals surface area contributed by atoms with Gasteiger partial charge in [0, 0.05) is 19.6 Å². The Bertz CT molecular complexity index is 493. The number of hydrogen-bond acceptors (Lipinski definition) is 5. The smallest absolute Gasteiger partial charge is 0.265 e. The number of carbonyl (C=O) groups excluding carboxylic acids is 1. The van der Waals surface area contributed by atoms with E-state index in [4.69, 9.17) is 5.73 Å². The molecule has 0 radical (unpaired) electrons. The zero-order valence-electron chi connectivity index (χ0n) is 12.7. The summed E-state index contributed by atoms with van der Waals surface area (Å²) >= 11 is 1.37. The van der Waals surface area contributed by atoms with Gasteiger partial charge in [-0.25, -0.2) is 4.98 Å². The van der Waals surface area contributed by atoms with Gasteiger partial charge in [-0.05, 0) is 31.6 Å². The molecule has 1 aromatic heterocycles. The number of aromatic nitrogens is 1. The number of nitrogens with one attached hydrogen (secondary N) is 1. The van der Waals surface area contributed by atoms with E-state index in [9.17, 15) is 4.79 Å². The number of thiazole rings is 1. The van der Waals surface area contributed by atoms with Gasteiger partial charge < -0.3 is 16.0 Å². The molecule has 0 aromatic carbocycles. The zero-order chi connectivity index (χ0) is 14.9. The largest absolute Gasteiger partial charge is 0.382 e. The van der Waals surface area contributed by atoms with E-state index in [0.717, 1.165) is 24.8 Å². The predicted octanol–water partition coefficient (Wildman–Crippen LogP) is 2.35. The molecule has 0 spiro atoms. The lowest BCUT2D eigenvalue weighted by Gasteiger charge is -2.16. The van der Waals surface area contributed by atoms with Crippen molar-refractivity contribution >= 4 is 28.2 Å². The molecule has 112 valence electrons. The van der Waals surface area contributed by atoms with Crippen LogP contribution in [0.4, 0.5) is 10.9 Å². The molecule has 1 saturated carbocycles. The van der Waals surface area contributed by atoms with Crippen LogP contribution in [-0.4, -0.2) is 30.5 Å². The van der Waals surface area contributed by atoms with E-state index in [1.54, 1.807) is 0 Å². The van der Waals surface area contributed by atoms with Crippen LogP contribution in [0.1, 0.15) is 43.8 Å². The summed E-state index contributed by atoms with van der Waals surface area (Å²) in [6.45, 7) is 11.0. The third kappa shape index (κ3) is 3.06. The molecule has 5 nitrogen and oxygen atoms in total. The molecule has 6 heteroatoms. The molecule has 20 heavy (non-hydrogen) atoms. The summed E-state index contributed by atoms with van der Waals surface area (Å²) in [5, 5.41) is 3.80. The van der Waals surface area contributed by atoms with E-state index in [1.165, 1.54) is 17.8 Å². The summed E-state index contributed by atoms with van der Waals surface area (Å²) < 4.78 is 0. The van der Waals surface area contributed by atoms with Crippen molar-refractivity contribution in [3.05, 3.63) is 4.88 Å². The molecule has 1 atom stereocenters. The lowest BCUT2D eigenvalue weighted by atomic mass is 10.1. The molecular weight excluding hydrogens is 272 g/mol. The van der Waals surface area contributed by atoms with Crippen LogP contribution in [0.15, 0.2) is 0 Å². The highest BCUT2D eigenvalue weighted by Crippen LogP contribution is 2.51. The van der Waals surface area contributed by atoms with Gasteiger partial charge in [0.15, 0.2) is 5.13 Å². The van der Waals surface area contributed by atoms with Gasteiger partial charge in [-0.1, -0.05) is 25.2 Å². The van der Waals surface area contributed by atoms with E-state index in [-0.39, 0.29) is 5.91 Å². The number of nitrogens with two attached hydrogens (primary N) is 1. The highest BCUT2D eigenvalue weighted by molar-refractivity contribution is 7.18. The highest BCUT2D eigenvalue weighted by atomic mass is 32.1. The molecule has 0 aliphatic heterocycles. The van der Waals surface area contributed by atoms with Crippen molar-refractivity contribution < 1.29 is 4.79 Å². The number of carbonyl (C=O) groups is 1. The number of amides is 1. The fraction of sp³-hybridized carbons (Fsp3) is 0.714. The minimum atomic E-state index is -0.0962. The van der Waals surface area contributed by atoms with Crippen LogP contribution in [-0.2, 0) is 0 Å². The molecule has 0 saturated heterocycles. The summed E-state index contributed by atoms with van der Waals surface area (Å²) in [6, 6.07) is 0. The van der Waals surface area contributed by atoms with Gasteiger partial charge in [-0.2, -0.15) is 0 Å². The SMILES string of the molecule is CCN(CC)c1nc(N)c(C(=O)NCC2CC2(C)C)s1. The van der Waals surface area contributed by atoms with Gasteiger partial charge in [-0.15, -0.1) is 0 Å². The first-order valence-corrected chi connectivity index (χ1v) is 8.00. The summed E-state index contributed by atoms with van der Waals surface area (Å²) in [4.78, 5) is 19.1. The van der Waals surface area contributed by atoms with Gasteiger partial charge in [-0.3, -0.25) is 4.79 Å². The standard InChI is InChI=1S/C14H24N4OS/c1-5-18(6-2)13-17-11(15)10(20-13)12(19)16-8-9-7-14(9,3)4/h9H,5-8,15H2,1-4H3,(H,16,19). The summed E-state index contributed by atoms with van der Waals surface area (Å²) in [7, 11) is 0. The van der Waals surface area contributed by atoms with E-state index in [0.29, 0.717) is 22.0 Å². The maximum atomic E-state index is 12.2. The van der Waals surface area contributed by atoms with Crippen molar-refractivity contribution in [1.29, 1.82) is 0 Å². The Morgan fingerprint density at radius 1 is 1.50 bits per heavy atom. The Labute approximate surface area is 124 Å². The van der Waals surface area contributed by atoms with Gasteiger partial charge in [0.25, 0.3) is 5.91 Å². The van der Waals surface area contributed by atoms with Crippen molar-refractivity contribution in [2.45, 2.75) is 34.1 Å². The molecule has 1 aliphatic rings. The fourth-order valence-corrected chi connectivity index (χ4v) is 3.36. The van der Waals surface area contributed by atoms with E-state index < -0.39 is 0 Å². The average Bonchev–Trinajstić information content (AvgIpc) is 2.81. The van der Waals surface area contributed by atoms with Crippen molar-refractivity contribution in [2.75, 3.05) is 30.3 Å². The molecule has 1 aromatic rings. The van der Waals surface area contributed by atoms with Crippen LogP contribution in [0.5, 0.6) is 0 Å². The summed E-state index contributed by atoms with van der Waals surface area (Å²) in [6.07, 6.45) is 1.18. The third-order valence-corrected chi connectivity index (χ3v) is 5.24. The van der Waals surface area contributed by atoms with E-state index >= 15 is 0 Å². The van der Waals surface area contributed by atoms with Gasteiger partial charge in [0.2, 0.25) is 0 Å². The minimum Gasteiger partial charge on any atom is -0.382 e. The van der Waals surface area contributed by atoms with Crippen molar-refractivity contribution in [3.8, 4) is 0 Å². The number of rotatable bonds is 6. The molecule has 1 fully saturated rings. The lowest BCUT2D eigenvalue weighted by Crippen LogP contribution is -2.26. The van der Waals surface area contributed by atoms with Crippen LogP contribution in [0.2, 0.25) is 0 Å². The molecule has 1 aliphatic carbocycles. The fourth-order valence-electron chi connectivity index (χ4n) is 2.33. The Kier molecular flexibility index (Phi) is 4.22. The van der Waals surface area contributed by atoms with Crippen LogP contribution in [0.25, 0.3) is 0 Å². The topological polar surface area (TPSA) is 71.2 Å². The van der Waals surface area contributed by atoms with E-state index in [1.807, 2.05) is 0 Å². The van der Waals surface area contributed by atoms with Crippen LogP contribution in [0, 0.1) is 11.3 Å². The monoisotopic (exact) mass is 296 g/mol. The maximum absolute atomic E-state index is 12.2. The van der Waals surface area contributed by atoms with Crippen LogP contribution in [0.3, 0.4) is 0 Å². The molecule has 0 bridgehead atoms. The Hall–Kier alpha value is -1.30. The first-order chi connectivity index (χ1) is 9.39. The van der Waals surface area contributed by atoms with Crippen molar-refractivity contribution in [2.24, 2.45) is 11.3 Å². The highest BCUT2D eigenvalue weighted by Gasteiger charge is 2.45. The Morgan fingerprint density at radius 3 is 2.60 bits per heavy atom. The zero-order valence-corrected chi connectivity index (χ0v) is 13.5. The van der Waals surface area contributed by atoms with Crippen LogP contribution < -0.4 is 16.0 Å². The second-order valence-electron chi connectivity index (χ2n) is 5.98. The third-order valence-electron chi connectivity index (χ3n) is 4.11. The number of anilines is 2. The number of nitrogens with zero attached hydrogens (tertiary/aromatic N) is 2. The normalized spacial score (nSPS) is 19.7. The second-order valence-corrected chi connectivity index (χ2v) is 6.96.